The van der Waals surface area contributed by atoms with Gasteiger partial charge in [-0.15, -0.1) is 11.8 Å². The molecule has 0 saturated carbocycles. The molecule has 0 saturated heterocycles. The van der Waals surface area contributed by atoms with Crippen LogP contribution in [0.1, 0.15) is 5.56 Å². The quantitative estimate of drug-likeness (QED) is 0.525. The average Bonchev–Trinajstić information content (AvgIpc) is 2.35. The molecule has 0 spiro atoms. The molecular formula is C13H20BrNO3S2. The van der Waals surface area contributed by atoms with Crippen molar-refractivity contribution in [1.82, 2.24) is 5.32 Å². The summed E-state index contributed by atoms with van der Waals surface area (Å²) >= 11 is 5.10. The predicted molar refractivity (Wildman–Crippen MR) is 88.2 cm³/mol. The van der Waals surface area contributed by atoms with Crippen LogP contribution in [0.25, 0.3) is 0 Å². The van der Waals surface area contributed by atoms with E-state index in [9.17, 15) is 8.42 Å². The van der Waals surface area contributed by atoms with Crippen molar-refractivity contribution in [3.05, 3.63) is 28.2 Å². The van der Waals surface area contributed by atoms with E-state index in [4.69, 9.17) is 4.74 Å². The number of ether oxygens (including phenoxy) is 1. The van der Waals surface area contributed by atoms with Crippen LogP contribution in [0.15, 0.2) is 27.6 Å². The maximum atomic E-state index is 11.1. The van der Waals surface area contributed by atoms with E-state index in [0.29, 0.717) is 12.4 Å². The second-order valence-corrected chi connectivity index (χ2v) is 8.68. The van der Waals surface area contributed by atoms with Crippen LogP contribution < -0.4 is 5.32 Å². The summed E-state index contributed by atoms with van der Waals surface area (Å²) in [7, 11) is -1.20. The van der Waals surface area contributed by atoms with Crippen LogP contribution in [-0.4, -0.2) is 46.4 Å². The van der Waals surface area contributed by atoms with Gasteiger partial charge in [-0.2, -0.15) is 0 Å². The Hall–Kier alpha value is -0.0800. The molecule has 20 heavy (non-hydrogen) atoms. The second-order valence-electron chi connectivity index (χ2n) is 4.40. The fraction of sp³-hybridized carbons (Fsp3) is 0.538. The Morgan fingerprint density at radius 3 is 2.75 bits per heavy atom. The molecule has 0 heterocycles. The number of thioether (sulfide) groups is 1. The van der Waals surface area contributed by atoms with E-state index in [1.165, 1.54) is 11.8 Å². The predicted octanol–water partition coefficient (Wildman–Crippen LogP) is 2.32. The van der Waals surface area contributed by atoms with Gasteiger partial charge < -0.3 is 10.1 Å². The fourth-order valence-electron chi connectivity index (χ4n) is 1.47. The molecule has 0 aliphatic rings. The van der Waals surface area contributed by atoms with Gasteiger partial charge in [-0.3, -0.25) is 0 Å². The molecule has 0 unspecified atom stereocenters. The van der Waals surface area contributed by atoms with Crippen LogP contribution in [0.2, 0.25) is 0 Å². The van der Waals surface area contributed by atoms with E-state index in [2.05, 4.69) is 21.2 Å². The summed E-state index contributed by atoms with van der Waals surface area (Å²) in [6.45, 7) is 2.28. The monoisotopic (exact) mass is 381 g/mol. The van der Waals surface area contributed by atoms with Crippen LogP contribution in [0.5, 0.6) is 0 Å². The van der Waals surface area contributed by atoms with Crippen LogP contribution in [0.4, 0.5) is 0 Å². The number of hydrogen-bond donors (Lipinski definition) is 1. The summed E-state index contributed by atoms with van der Waals surface area (Å²) in [5.41, 5.74) is 1.17. The minimum absolute atomic E-state index is 0.204. The second kappa shape index (κ2) is 9.04. The number of rotatable bonds is 9. The molecule has 0 atom stereocenters. The summed E-state index contributed by atoms with van der Waals surface area (Å²) < 4.78 is 28.2. The van der Waals surface area contributed by atoms with Crippen molar-refractivity contribution in [2.75, 3.05) is 38.0 Å². The first-order valence-corrected chi connectivity index (χ1v) is 10.0. The maximum Gasteiger partial charge on any atom is 0.148 e. The zero-order chi connectivity index (χ0) is 15.0. The van der Waals surface area contributed by atoms with E-state index >= 15 is 0 Å². The molecular weight excluding hydrogens is 362 g/mol. The molecule has 0 aliphatic carbocycles. The number of methoxy groups -OCH3 is 1. The van der Waals surface area contributed by atoms with Crippen molar-refractivity contribution in [2.45, 2.75) is 11.4 Å². The van der Waals surface area contributed by atoms with Crippen LogP contribution in [0.3, 0.4) is 0 Å². The molecule has 1 aromatic carbocycles. The largest absolute Gasteiger partial charge is 0.383 e. The lowest BCUT2D eigenvalue weighted by molar-refractivity contribution is 0.199. The lowest BCUT2D eigenvalue weighted by atomic mass is 10.2. The van der Waals surface area contributed by atoms with Gasteiger partial charge in [-0.1, -0.05) is 22.0 Å². The SMILES string of the molecule is COCCNCc1ccc(SCCS(C)(=O)=O)cc1Br. The highest BCUT2D eigenvalue weighted by Gasteiger charge is 2.05. The van der Waals surface area contributed by atoms with Gasteiger partial charge >= 0.3 is 0 Å². The van der Waals surface area contributed by atoms with E-state index in [1.54, 1.807) is 18.9 Å². The van der Waals surface area contributed by atoms with E-state index in [-0.39, 0.29) is 5.75 Å². The lowest BCUT2D eigenvalue weighted by Crippen LogP contribution is -2.18. The van der Waals surface area contributed by atoms with E-state index in [0.717, 1.165) is 22.5 Å². The molecule has 1 N–H and O–H groups in total. The van der Waals surface area contributed by atoms with Crippen molar-refractivity contribution in [2.24, 2.45) is 0 Å². The zero-order valence-electron chi connectivity index (χ0n) is 11.7. The summed E-state index contributed by atoms with van der Waals surface area (Å²) in [5.74, 6) is 0.784. The molecule has 1 aromatic rings. The Morgan fingerprint density at radius 1 is 1.40 bits per heavy atom. The van der Waals surface area contributed by atoms with Gasteiger partial charge in [-0.25, -0.2) is 8.42 Å². The van der Waals surface area contributed by atoms with Gasteiger partial charge in [-0.05, 0) is 17.7 Å². The third-order valence-corrected chi connectivity index (χ3v) is 5.48. The first kappa shape index (κ1) is 18.0. The molecule has 0 aliphatic heterocycles. The van der Waals surface area contributed by atoms with Crippen LogP contribution >= 0.6 is 27.7 Å². The molecule has 0 amide bonds. The van der Waals surface area contributed by atoms with Crippen LogP contribution in [0, 0.1) is 0 Å². The average molecular weight is 382 g/mol. The summed E-state index contributed by atoms with van der Waals surface area (Å²) in [6, 6.07) is 6.10. The molecule has 1 rings (SSSR count). The first-order valence-electron chi connectivity index (χ1n) is 6.21. The van der Waals surface area contributed by atoms with Crippen molar-refractivity contribution in [3.8, 4) is 0 Å². The van der Waals surface area contributed by atoms with Crippen molar-refractivity contribution in [1.29, 1.82) is 0 Å². The van der Waals surface area contributed by atoms with Gasteiger partial charge in [0.2, 0.25) is 0 Å². The summed E-state index contributed by atoms with van der Waals surface area (Å²) in [6.07, 6.45) is 1.26. The Bertz CT molecular complexity index is 520. The Balaban J connectivity index is 2.46. The Morgan fingerprint density at radius 2 is 2.15 bits per heavy atom. The number of halogens is 1. The fourth-order valence-corrected chi connectivity index (χ4v) is 4.29. The third kappa shape index (κ3) is 7.64. The van der Waals surface area contributed by atoms with Gasteiger partial charge in [0, 0.05) is 41.6 Å². The van der Waals surface area contributed by atoms with Crippen molar-refractivity contribution >= 4 is 37.5 Å². The lowest BCUT2D eigenvalue weighted by Gasteiger charge is -2.08. The topological polar surface area (TPSA) is 55.4 Å². The van der Waals surface area contributed by atoms with Gasteiger partial charge in [0.15, 0.2) is 0 Å². The third-order valence-electron chi connectivity index (χ3n) is 2.55. The molecule has 0 aromatic heterocycles. The summed E-state index contributed by atoms with van der Waals surface area (Å²) in [4.78, 5) is 1.07. The first-order chi connectivity index (χ1) is 9.42. The highest BCUT2D eigenvalue weighted by Crippen LogP contribution is 2.25. The number of hydrogen-bond acceptors (Lipinski definition) is 5. The molecule has 0 fully saturated rings. The van der Waals surface area contributed by atoms with E-state index < -0.39 is 9.84 Å². The van der Waals surface area contributed by atoms with Gasteiger partial charge in [0.05, 0.1) is 12.4 Å². The Labute approximate surface area is 133 Å². The van der Waals surface area contributed by atoms with Gasteiger partial charge in [0.25, 0.3) is 0 Å². The maximum absolute atomic E-state index is 11.1. The van der Waals surface area contributed by atoms with E-state index in [1.807, 2.05) is 18.2 Å². The van der Waals surface area contributed by atoms with Crippen LogP contribution in [-0.2, 0) is 21.1 Å². The molecule has 4 nitrogen and oxygen atoms in total. The van der Waals surface area contributed by atoms with Crippen molar-refractivity contribution in [3.63, 3.8) is 0 Å². The molecule has 7 heteroatoms. The number of benzene rings is 1. The zero-order valence-corrected chi connectivity index (χ0v) is 14.9. The highest BCUT2D eigenvalue weighted by molar-refractivity contribution is 9.10. The highest BCUT2D eigenvalue weighted by atomic mass is 79.9. The van der Waals surface area contributed by atoms with Crippen molar-refractivity contribution < 1.29 is 13.2 Å². The minimum atomic E-state index is -2.88. The normalized spacial score (nSPS) is 11.8. The molecule has 0 radical (unpaired) electrons. The number of sulfone groups is 1. The Kier molecular flexibility index (Phi) is 8.13. The smallest absolute Gasteiger partial charge is 0.148 e. The molecule has 0 bridgehead atoms. The minimum Gasteiger partial charge on any atom is -0.383 e. The standard InChI is InChI=1S/C13H20BrNO3S2/c1-18-6-5-15-10-11-3-4-12(9-13(11)14)19-7-8-20(2,16)17/h3-4,9,15H,5-8,10H2,1-2H3. The number of nitrogens with one attached hydrogen (secondary N) is 1. The molecule has 114 valence electrons. The summed E-state index contributed by atoms with van der Waals surface area (Å²) in [5, 5.41) is 3.28. The van der Waals surface area contributed by atoms with Gasteiger partial charge in [0.1, 0.15) is 9.84 Å².